The summed E-state index contributed by atoms with van der Waals surface area (Å²) in [5, 5.41) is 3.29. The van der Waals surface area contributed by atoms with Crippen molar-refractivity contribution in [3.05, 3.63) is 0 Å². The molecule has 0 aromatic heterocycles. The maximum atomic E-state index is 12.2. The topological polar surface area (TPSA) is 41.6 Å². The summed E-state index contributed by atoms with van der Waals surface area (Å²) in [5.41, 5.74) is 0.300. The molecule has 3 heterocycles. The standard InChI is InChI=1S/C12H20N2O2/c15-11(10-2-1-5-13-10)14-6-3-12(8-14)4-7-16-9-12/h10,13H,1-9H2. The van der Waals surface area contributed by atoms with E-state index in [1.54, 1.807) is 0 Å². The van der Waals surface area contributed by atoms with Crippen molar-refractivity contribution in [1.82, 2.24) is 10.2 Å². The monoisotopic (exact) mass is 224 g/mol. The number of nitrogens with one attached hydrogen (secondary N) is 1. The van der Waals surface area contributed by atoms with Gasteiger partial charge in [-0.15, -0.1) is 0 Å². The first-order valence-electron chi connectivity index (χ1n) is 6.39. The van der Waals surface area contributed by atoms with E-state index in [1.165, 1.54) is 0 Å². The van der Waals surface area contributed by atoms with Gasteiger partial charge in [0.1, 0.15) is 0 Å². The van der Waals surface area contributed by atoms with Crippen LogP contribution in [0, 0.1) is 5.41 Å². The van der Waals surface area contributed by atoms with Crippen LogP contribution in [0.15, 0.2) is 0 Å². The van der Waals surface area contributed by atoms with Crippen molar-refractivity contribution in [2.75, 3.05) is 32.8 Å². The minimum absolute atomic E-state index is 0.0949. The molecule has 3 fully saturated rings. The zero-order valence-electron chi connectivity index (χ0n) is 9.71. The van der Waals surface area contributed by atoms with Gasteiger partial charge in [-0.1, -0.05) is 0 Å². The Morgan fingerprint density at radius 2 is 2.38 bits per heavy atom. The first-order chi connectivity index (χ1) is 7.79. The number of carbonyl (C=O) groups is 1. The normalized spacial score (nSPS) is 38.8. The van der Waals surface area contributed by atoms with E-state index in [0.717, 1.165) is 58.5 Å². The molecule has 2 atom stereocenters. The van der Waals surface area contributed by atoms with Crippen LogP contribution >= 0.6 is 0 Å². The van der Waals surface area contributed by atoms with Crippen LogP contribution in [0.5, 0.6) is 0 Å². The molecule has 0 aromatic carbocycles. The molecule has 3 rings (SSSR count). The molecule has 4 nitrogen and oxygen atoms in total. The Morgan fingerprint density at radius 1 is 1.44 bits per heavy atom. The van der Waals surface area contributed by atoms with Crippen molar-refractivity contribution in [2.45, 2.75) is 31.7 Å². The molecular formula is C12H20N2O2. The van der Waals surface area contributed by atoms with E-state index in [2.05, 4.69) is 10.2 Å². The average Bonchev–Trinajstić information content (AvgIpc) is 3.01. The highest BCUT2D eigenvalue weighted by molar-refractivity contribution is 5.82. The molecule has 90 valence electrons. The van der Waals surface area contributed by atoms with E-state index in [-0.39, 0.29) is 6.04 Å². The maximum Gasteiger partial charge on any atom is 0.239 e. The van der Waals surface area contributed by atoms with Crippen molar-refractivity contribution in [2.24, 2.45) is 5.41 Å². The Balaban J connectivity index is 1.62. The predicted octanol–water partition coefficient (Wildman–Crippen LogP) is 0.377. The summed E-state index contributed by atoms with van der Waals surface area (Å²) in [6.45, 7) is 4.58. The van der Waals surface area contributed by atoms with Gasteiger partial charge in [0, 0.05) is 25.1 Å². The van der Waals surface area contributed by atoms with Gasteiger partial charge in [0.2, 0.25) is 5.91 Å². The maximum absolute atomic E-state index is 12.2. The second-order valence-corrected chi connectivity index (χ2v) is 5.46. The molecule has 3 aliphatic rings. The van der Waals surface area contributed by atoms with Gasteiger partial charge >= 0.3 is 0 Å². The molecule has 0 aromatic rings. The number of carbonyl (C=O) groups excluding carboxylic acids is 1. The first-order valence-corrected chi connectivity index (χ1v) is 6.39. The van der Waals surface area contributed by atoms with Crippen LogP contribution < -0.4 is 5.32 Å². The zero-order valence-corrected chi connectivity index (χ0v) is 9.71. The molecule has 0 bridgehead atoms. The third-order valence-electron chi connectivity index (χ3n) is 4.29. The molecule has 0 aliphatic carbocycles. The second kappa shape index (κ2) is 4.00. The Hall–Kier alpha value is -0.610. The van der Waals surface area contributed by atoms with Crippen molar-refractivity contribution >= 4 is 5.91 Å². The van der Waals surface area contributed by atoms with E-state index < -0.39 is 0 Å². The highest BCUT2D eigenvalue weighted by atomic mass is 16.5. The van der Waals surface area contributed by atoms with Crippen LogP contribution in [0.2, 0.25) is 0 Å². The van der Waals surface area contributed by atoms with E-state index in [4.69, 9.17) is 4.74 Å². The van der Waals surface area contributed by atoms with Crippen LogP contribution in [0.3, 0.4) is 0 Å². The van der Waals surface area contributed by atoms with Crippen LogP contribution in [0.1, 0.15) is 25.7 Å². The fourth-order valence-electron chi connectivity index (χ4n) is 3.21. The van der Waals surface area contributed by atoms with Gasteiger partial charge in [-0.05, 0) is 32.2 Å². The minimum Gasteiger partial charge on any atom is -0.381 e. The average molecular weight is 224 g/mol. The number of amides is 1. The van der Waals surface area contributed by atoms with Gasteiger partial charge in [0.15, 0.2) is 0 Å². The van der Waals surface area contributed by atoms with Crippen LogP contribution in [0.25, 0.3) is 0 Å². The minimum atomic E-state index is 0.0949. The summed E-state index contributed by atoms with van der Waals surface area (Å²) in [4.78, 5) is 14.3. The Labute approximate surface area is 96.3 Å². The number of rotatable bonds is 1. The number of nitrogens with zero attached hydrogens (tertiary/aromatic N) is 1. The molecule has 3 saturated heterocycles. The van der Waals surface area contributed by atoms with Crippen molar-refractivity contribution in [3.63, 3.8) is 0 Å². The van der Waals surface area contributed by atoms with E-state index >= 15 is 0 Å². The third-order valence-corrected chi connectivity index (χ3v) is 4.29. The largest absolute Gasteiger partial charge is 0.381 e. The fourth-order valence-corrected chi connectivity index (χ4v) is 3.21. The molecule has 1 amide bonds. The molecular weight excluding hydrogens is 204 g/mol. The van der Waals surface area contributed by atoms with Crippen LogP contribution in [-0.2, 0) is 9.53 Å². The molecule has 1 N–H and O–H groups in total. The quantitative estimate of drug-likeness (QED) is 0.700. The molecule has 16 heavy (non-hydrogen) atoms. The van der Waals surface area contributed by atoms with Crippen LogP contribution in [-0.4, -0.2) is 49.7 Å². The number of hydrogen-bond donors (Lipinski definition) is 1. The summed E-state index contributed by atoms with van der Waals surface area (Å²) in [6.07, 6.45) is 4.41. The lowest BCUT2D eigenvalue weighted by atomic mass is 9.87. The lowest BCUT2D eigenvalue weighted by molar-refractivity contribution is -0.132. The summed E-state index contributed by atoms with van der Waals surface area (Å²) in [6, 6.07) is 0.0949. The van der Waals surface area contributed by atoms with Crippen LogP contribution in [0.4, 0.5) is 0 Å². The van der Waals surface area contributed by atoms with Crippen molar-refractivity contribution in [1.29, 1.82) is 0 Å². The molecule has 0 saturated carbocycles. The molecule has 0 radical (unpaired) electrons. The van der Waals surface area contributed by atoms with Gasteiger partial charge in [0.25, 0.3) is 0 Å². The van der Waals surface area contributed by atoms with Crippen molar-refractivity contribution < 1.29 is 9.53 Å². The van der Waals surface area contributed by atoms with E-state index in [0.29, 0.717) is 11.3 Å². The van der Waals surface area contributed by atoms with Gasteiger partial charge < -0.3 is 15.0 Å². The molecule has 1 spiro atoms. The zero-order chi connectivity index (χ0) is 11.0. The predicted molar refractivity (Wildman–Crippen MR) is 60.1 cm³/mol. The molecule has 4 heteroatoms. The second-order valence-electron chi connectivity index (χ2n) is 5.46. The highest BCUT2D eigenvalue weighted by Crippen LogP contribution is 2.38. The number of likely N-dealkylation sites (tertiary alicyclic amines) is 1. The van der Waals surface area contributed by atoms with Gasteiger partial charge in [-0.3, -0.25) is 4.79 Å². The Kier molecular flexibility index (Phi) is 2.64. The fraction of sp³-hybridized carbons (Fsp3) is 0.917. The highest BCUT2D eigenvalue weighted by Gasteiger charge is 2.43. The summed E-state index contributed by atoms with van der Waals surface area (Å²) >= 11 is 0. The number of hydrogen-bond acceptors (Lipinski definition) is 3. The molecule has 2 unspecified atom stereocenters. The van der Waals surface area contributed by atoms with Gasteiger partial charge in [-0.25, -0.2) is 0 Å². The summed E-state index contributed by atoms with van der Waals surface area (Å²) in [7, 11) is 0. The lowest BCUT2D eigenvalue weighted by Gasteiger charge is -2.24. The van der Waals surface area contributed by atoms with Gasteiger partial charge in [-0.2, -0.15) is 0 Å². The molecule has 3 aliphatic heterocycles. The number of ether oxygens (including phenoxy) is 1. The van der Waals surface area contributed by atoms with Crippen molar-refractivity contribution in [3.8, 4) is 0 Å². The Morgan fingerprint density at radius 3 is 3.06 bits per heavy atom. The first kappa shape index (κ1) is 10.5. The Bertz CT molecular complexity index is 281. The van der Waals surface area contributed by atoms with E-state index in [1.807, 2.05) is 0 Å². The third kappa shape index (κ3) is 1.74. The summed E-state index contributed by atoms with van der Waals surface area (Å²) in [5.74, 6) is 0.321. The lowest BCUT2D eigenvalue weighted by Crippen LogP contribution is -2.43. The van der Waals surface area contributed by atoms with E-state index in [9.17, 15) is 4.79 Å². The SMILES string of the molecule is O=C(C1CCCN1)N1CCC2(CCOC2)C1. The van der Waals surface area contributed by atoms with Gasteiger partial charge in [0.05, 0.1) is 12.6 Å². The smallest absolute Gasteiger partial charge is 0.239 e. The summed E-state index contributed by atoms with van der Waals surface area (Å²) < 4.78 is 5.48.